The molecular weight excluding hydrogens is 524 g/mol. The van der Waals surface area contributed by atoms with Crippen molar-refractivity contribution < 1.29 is 18.6 Å². The molecule has 0 heterocycles. The molecule has 4 atom stereocenters. The van der Waals surface area contributed by atoms with E-state index in [1.54, 1.807) is 0 Å². The minimum Gasteiger partial charge on any atom is -0.410 e. The van der Waals surface area contributed by atoms with E-state index in [0.717, 1.165) is 17.6 Å². The van der Waals surface area contributed by atoms with Crippen LogP contribution in [0.5, 0.6) is 0 Å². The molecule has 0 spiro atoms. The fourth-order valence-electron chi connectivity index (χ4n) is 5.15. The van der Waals surface area contributed by atoms with E-state index in [2.05, 4.69) is 113 Å². The van der Waals surface area contributed by atoms with Gasteiger partial charge in [0.2, 0.25) is 0 Å². The second kappa shape index (κ2) is 14.6. The van der Waals surface area contributed by atoms with Crippen LogP contribution in [0.1, 0.15) is 43.9 Å². The molecule has 1 aliphatic rings. The number of ether oxygens (including phenoxy) is 3. The zero-order chi connectivity index (χ0) is 29.3. The SMILES string of the molecule is C=C1[C@H](O[Si](C)(C)C(C)(C)C)C[C@H](OCc2ccccc2)[C@@H](COCc2ccccc2)[C@H]1COCc1ccccc1. The van der Waals surface area contributed by atoms with Crippen LogP contribution in [-0.4, -0.2) is 33.7 Å². The van der Waals surface area contributed by atoms with E-state index in [4.69, 9.17) is 18.6 Å². The first-order valence-corrected chi connectivity index (χ1v) is 17.8. The fraction of sp³-hybridized carbons (Fsp3) is 0.444. The van der Waals surface area contributed by atoms with Crippen LogP contribution in [0.2, 0.25) is 18.1 Å². The minimum atomic E-state index is -2.04. The van der Waals surface area contributed by atoms with E-state index in [-0.39, 0.29) is 29.1 Å². The highest BCUT2D eigenvalue weighted by molar-refractivity contribution is 6.74. The standard InChI is InChI=1S/C36H48O4Si/c1-28-32(26-37-23-29-16-10-7-11-17-29)33(27-38-24-30-18-12-8-13-19-30)35(39-25-31-20-14-9-15-21-31)22-34(28)40-41(5,6)36(2,3)4/h7-21,32-35H,1,22-27H2,2-6H3/t32-,33-,34+,35-/m0/s1. The third kappa shape index (κ3) is 8.97. The molecule has 0 unspecified atom stereocenters. The summed E-state index contributed by atoms with van der Waals surface area (Å²) in [7, 11) is -2.04. The van der Waals surface area contributed by atoms with Gasteiger partial charge in [0, 0.05) is 18.3 Å². The molecule has 3 aromatic rings. The van der Waals surface area contributed by atoms with Crippen molar-refractivity contribution in [1.82, 2.24) is 0 Å². The second-order valence-corrected chi connectivity index (χ2v) is 17.5. The summed E-state index contributed by atoms with van der Waals surface area (Å²) in [6.45, 7) is 18.9. The van der Waals surface area contributed by atoms with Crippen LogP contribution < -0.4 is 0 Å². The third-order valence-corrected chi connectivity index (χ3v) is 13.2. The van der Waals surface area contributed by atoms with Gasteiger partial charge in [0.05, 0.1) is 45.2 Å². The van der Waals surface area contributed by atoms with Gasteiger partial charge in [0.1, 0.15) is 0 Å². The van der Waals surface area contributed by atoms with Crippen molar-refractivity contribution in [2.45, 2.75) is 77.4 Å². The van der Waals surface area contributed by atoms with E-state index in [0.29, 0.717) is 33.0 Å². The average molecular weight is 573 g/mol. The Morgan fingerprint density at radius 3 is 1.66 bits per heavy atom. The lowest BCUT2D eigenvalue weighted by atomic mass is 9.73. The van der Waals surface area contributed by atoms with Gasteiger partial charge < -0.3 is 18.6 Å². The third-order valence-electron chi connectivity index (χ3n) is 8.71. The van der Waals surface area contributed by atoms with Crippen molar-refractivity contribution in [3.8, 4) is 0 Å². The van der Waals surface area contributed by atoms with Gasteiger partial charge in [-0.3, -0.25) is 0 Å². The van der Waals surface area contributed by atoms with Crippen LogP contribution >= 0.6 is 0 Å². The topological polar surface area (TPSA) is 36.9 Å². The number of hydrogen-bond donors (Lipinski definition) is 0. The fourth-order valence-corrected chi connectivity index (χ4v) is 6.47. The van der Waals surface area contributed by atoms with Crippen LogP contribution in [0.3, 0.4) is 0 Å². The van der Waals surface area contributed by atoms with Crippen molar-refractivity contribution in [3.05, 3.63) is 120 Å². The first-order chi connectivity index (χ1) is 19.6. The lowest BCUT2D eigenvalue weighted by Crippen LogP contribution is -2.51. The maximum atomic E-state index is 7.02. The number of hydrogen-bond acceptors (Lipinski definition) is 4. The van der Waals surface area contributed by atoms with Gasteiger partial charge in [-0.15, -0.1) is 0 Å². The molecule has 1 saturated carbocycles. The van der Waals surface area contributed by atoms with E-state index in [1.165, 1.54) is 11.1 Å². The van der Waals surface area contributed by atoms with Gasteiger partial charge in [-0.2, -0.15) is 0 Å². The molecule has 0 bridgehead atoms. The Balaban J connectivity index is 1.56. The van der Waals surface area contributed by atoms with E-state index in [1.807, 2.05) is 18.2 Å². The Hall–Kier alpha value is -2.54. The highest BCUT2D eigenvalue weighted by Gasteiger charge is 2.46. The first-order valence-electron chi connectivity index (χ1n) is 14.9. The zero-order valence-electron chi connectivity index (χ0n) is 25.6. The Labute approximate surface area is 248 Å². The van der Waals surface area contributed by atoms with Crippen LogP contribution in [-0.2, 0) is 38.5 Å². The van der Waals surface area contributed by atoms with Gasteiger partial charge in [-0.25, -0.2) is 0 Å². The van der Waals surface area contributed by atoms with Crippen molar-refractivity contribution >= 4 is 8.32 Å². The molecule has 4 rings (SSSR count). The summed E-state index contributed by atoms with van der Waals surface area (Å²) in [5, 5.41) is 0.0998. The van der Waals surface area contributed by atoms with Crippen molar-refractivity contribution in [1.29, 1.82) is 0 Å². The van der Waals surface area contributed by atoms with E-state index >= 15 is 0 Å². The summed E-state index contributed by atoms with van der Waals surface area (Å²) in [6, 6.07) is 31.1. The Morgan fingerprint density at radius 2 is 1.17 bits per heavy atom. The van der Waals surface area contributed by atoms with Crippen molar-refractivity contribution in [2.75, 3.05) is 13.2 Å². The molecule has 220 valence electrons. The van der Waals surface area contributed by atoms with Crippen LogP contribution in [0.15, 0.2) is 103 Å². The molecule has 0 aliphatic heterocycles. The molecule has 0 N–H and O–H groups in total. The van der Waals surface area contributed by atoms with Gasteiger partial charge in [0.15, 0.2) is 8.32 Å². The van der Waals surface area contributed by atoms with Gasteiger partial charge in [-0.1, -0.05) is 118 Å². The normalized spacial score (nSPS) is 21.6. The highest BCUT2D eigenvalue weighted by atomic mass is 28.4. The molecule has 5 heteroatoms. The molecular formula is C36H48O4Si. The van der Waals surface area contributed by atoms with Gasteiger partial charge in [0.25, 0.3) is 0 Å². The molecule has 1 fully saturated rings. The summed E-state index contributed by atoms with van der Waals surface area (Å²) in [5.41, 5.74) is 4.60. The lowest BCUT2D eigenvalue weighted by molar-refractivity contribution is -0.0948. The minimum absolute atomic E-state index is 0.0448. The maximum absolute atomic E-state index is 7.02. The predicted molar refractivity (Wildman–Crippen MR) is 170 cm³/mol. The molecule has 0 aromatic heterocycles. The van der Waals surface area contributed by atoms with Gasteiger partial charge >= 0.3 is 0 Å². The smallest absolute Gasteiger partial charge is 0.192 e. The summed E-state index contributed by atoms with van der Waals surface area (Å²) in [6.07, 6.45) is 0.649. The molecule has 0 amide bonds. The molecule has 0 radical (unpaired) electrons. The summed E-state index contributed by atoms with van der Waals surface area (Å²) >= 11 is 0. The van der Waals surface area contributed by atoms with E-state index in [9.17, 15) is 0 Å². The average Bonchev–Trinajstić information content (AvgIpc) is 2.96. The van der Waals surface area contributed by atoms with Gasteiger partial charge in [-0.05, 0) is 40.4 Å². The van der Waals surface area contributed by atoms with Crippen LogP contribution in [0, 0.1) is 11.8 Å². The van der Waals surface area contributed by atoms with Crippen molar-refractivity contribution in [2.24, 2.45) is 11.8 Å². The predicted octanol–water partition coefficient (Wildman–Crippen LogP) is 8.59. The zero-order valence-corrected chi connectivity index (χ0v) is 26.6. The molecule has 41 heavy (non-hydrogen) atoms. The highest BCUT2D eigenvalue weighted by Crippen LogP contribution is 2.43. The van der Waals surface area contributed by atoms with Crippen molar-refractivity contribution in [3.63, 3.8) is 0 Å². The second-order valence-electron chi connectivity index (χ2n) is 12.8. The summed E-state index contributed by atoms with van der Waals surface area (Å²) < 4.78 is 26.5. The number of rotatable bonds is 13. The monoisotopic (exact) mass is 572 g/mol. The lowest BCUT2D eigenvalue weighted by Gasteiger charge is -2.47. The Bertz CT molecular complexity index is 1190. The molecule has 1 aliphatic carbocycles. The number of benzene rings is 3. The summed E-state index contributed by atoms with van der Waals surface area (Å²) in [5.74, 6) is 0.156. The molecule has 3 aromatic carbocycles. The summed E-state index contributed by atoms with van der Waals surface area (Å²) in [4.78, 5) is 0. The van der Waals surface area contributed by atoms with Crippen LogP contribution in [0.4, 0.5) is 0 Å². The molecule has 4 nitrogen and oxygen atoms in total. The first kappa shape index (κ1) is 31.4. The maximum Gasteiger partial charge on any atom is 0.192 e. The quantitative estimate of drug-likeness (QED) is 0.152. The van der Waals surface area contributed by atoms with E-state index < -0.39 is 8.32 Å². The Kier molecular flexibility index (Phi) is 11.2. The molecule has 0 saturated heterocycles. The van der Waals surface area contributed by atoms with Crippen LogP contribution in [0.25, 0.3) is 0 Å². The Morgan fingerprint density at radius 1 is 0.707 bits per heavy atom. The largest absolute Gasteiger partial charge is 0.410 e.